The number of hydrogen-bond donors (Lipinski definition) is 3. The van der Waals surface area contributed by atoms with Crippen LogP contribution in [0.3, 0.4) is 0 Å². The van der Waals surface area contributed by atoms with E-state index in [1.165, 1.54) is 38.4 Å². The molecular weight excluding hydrogens is 1800 g/mol. The van der Waals surface area contributed by atoms with E-state index in [1.54, 1.807) is 133 Å². The lowest BCUT2D eigenvalue weighted by Gasteiger charge is -2.10. The quantitative estimate of drug-likeness (QED) is 0.0342. The highest BCUT2D eigenvalue weighted by molar-refractivity contribution is 5.97. The first-order valence-electron chi connectivity index (χ1n) is 44.9. The molecule has 2 saturated carbocycles. The zero-order valence-electron chi connectivity index (χ0n) is 80.1. The monoisotopic (exact) mass is 1910 g/mol. The first-order valence-corrected chi connectivity index (χ1v) is 44.9. The van der Waals surface area contributed by atoms with Gasteiger partial charge in [-0.1, -0.05) is 128 Å². The SMILES string of the molecule is C#CC1CC1.CC(C)c1ncccc1-c1ncc2c(n1)n(Cc1ccc(-c3nc(C4CC4)cn3C)cc1)c(=O)n2C.CC(C)c1ncccc1-c1ncc2c(n1)n(Cc1ccc(C#N)cc1)c(=O)n2C.CCOC(=N)c1ccc(Cn2c(=O)n(C)c3cnc(-c4cccnc4C(C)C)nc32)cc1.CN.CN=C(N)c1ccc(Cn2c(=O)n(C)c3cnc(-c4cccnc4C(C)C)nc32)cc1.Cl.Cl.Cl. The molecule has 0 bridgehead atoms. The largest absolute Gasteiger partial charge is 0.478 e. The second kappa shape index (κ2) is 46.0. The first kappa shape index (κ1) is 103. The van der Waals surface area contributed by atoms with Gasteiger partial charge in [0.15, 0.2) is 45.9 Å². The Balaban J connectivity index is 0.000000171. The number of pyridine rings is 4. The Kier molecular flexibility index (Phi) is 34.4. The molecule has 712 valence electrons. The molecule has 17 aromatic rings. The minimum Gasteiger partial charge on any atom is -0.478 e. The molecule has 32 nitrogen and oxygen atoms in total. The van der Waals surface area contributed by atoms with Crippen molar-refractivity contribution in [2.75, 3.05) is 20.7 Å². The number of nitrogens with zero attached hydrogens (tertiary/aromatic N) is 24. The molecule has 0 unspecified atom stereocenters. The highest BCUT2D eigenvalue weighted by atomic mass is 35.5. The van der Waals surface area contributed by atoms with Gasteiger partial charge in [0.1, 0.15) is 33.7 Å². The van der Waals surface area contributed by atoms with Crippen molar-refractivity contribution in [3.63, 3.8) is 0 Å². The summed E-state index contributed by atoms with van der Waals surface area (Å²) in [4.78, 5) is 116. The molecule has 13 aromatic heterocycles. The summed E-state index contributed by atoms with van der Waals surface area (Å²) in [7, 11) is 12.1. The van der Waals surface area contributed by atoms with Crippen LogP contribution < -0.4 is 34.2 Å². The van der Waals surface area contributed by atoms with Gasteiger partial charge in [-0.2, -0.15) is 5.26 Å². The average Bonchev–Trinajstić information content (AvgIpc) is 1.65. The number of benzene rings is 4. The maximum Gasteiger partial charge on any atom is 0.330 e. The van der Waals surface area contributed by atoms with E-state index in [9.17, 15) is 19.2 Å². The fraction of sp³-hybridized carbons (Fsp3) is 0.301. The van der Waals surface area contributed by atoms with Crippen LogP contribution in [0.5, 0.6) is 0 Å². The lowest BCUT2D eigenvalue weighted by Crippen LogP contribution is -2.23. The number of fused-ring (bicyclic) bond motifs is 4. The summed E-state index contributed by atoms with van der Waals surface area (Å²) in [6, 6.07) is 48.1. The molecule has 0 atom stereocenters. The second-order valence-electron chi connectivity index (χ2n) is 34.3. The molecule has 0 aliphatic heterocycles. The van der Waals surface area contributed by atoms with Gasteiger partial charge in [0.2, 0.25) is 5.90 Å². The minimum atomic E-state index is -0.161. The van der Waals surface area contributed by atoms with Crippen molar-refractivity contribution in [1.29, 1.82) is 10.7 Å². The molecule has 138 heavy (non-hydrogen) atoms. The van der Waals surface area contributed by atoms with Crippen LogP contribution in [-0.2, 0) is 66.2 Å². The molecule has 2 fully saturated rings. The maximum absolute atomic E-state index is 13.2. The van der Waals surface area contributed by atoms with Crippen LogP contribution in [0.25, 0.3) is 102 Å². The van der Waals surface area contributed by atoms with Crippen LogP contribution in [0.1, 0.15) is 185 Å². The zero-order valence-corrected chi connectivity index (χ0v) is 82.6. The third kappa shape index (κ3) is 22.8. The van der Waals surface area contributed by atoms with Gasteiger partial charge in [0.25, 0.3) is 0 Å². The number of halogens is 3. The third-order valence-electron chi connectivity index (χ3n) is 23.4. The van der Waals surface area contributed by atoms with Crippen LogP contribution in [0.15, 0.2) is 226 Å². The normalized spacial score (nSPS) is 12.1. The fourth-order valence-corrected chi connectivity index (χ4v) is 15.7. The number of rotatable bonds is 21. The van der Waals surface area contributed by atoms with Crippen LogP contribution in [0.2, 0.25) is 0 Å². The fourth-order valence-electron chi connectivity index (χ4n) is 15.7. The molecule has 19 rings (SSSR count). The van der Waals surface area contributed by atoms with E-state index in [2.05, 4.69) is 153 Å². The summed E-state index contributed by atoms with van der Waals surface area (Å²) >= 11 is 0. The Morgan fingerprint density at radius 1 is 0.457 bits per heavy atom. The van der Waals surface area contributed by atoms with Gasteiger partial charge in [0, 0.05) is 124 Å². The first-order chi connectivity index (χ1) is 65.1. The Labute approximate surface area is 818 Å². The summed E-state index contributed by atoms with van der Waals surface area (Å²) in [6.07, 6.45) is 26.1. The third-order valence-corrected chi connectivity index (χ3v) is 23.4. The van der Waals surface area contributed by atoms with Crippen molar-refractivity contribution >= 4 is 93.6 Å². The van der Waals surface area contributed by atoms with E-state index in [0.29, 0.717) is 130 Å². The van der Waals surface area contributed by atoms with Gasteiger partial charge in [-0.25, -0.2) is 64.0 Å². The van der Waals surface area contributed by atoms with Crippen molar-refractivity contribution in [3.05, 3.63) is 311 Å². The van der Waals surface area contributed by atoms with Gasteiger partial charge < -0.3 is 20.8 Å². The molecular formula is C103H114Cl3N27O5. The highest BCUT2D eigenvalue weighted by Gasteiger charge is 2.29. The number of nitrogens with one attached hydrogen (secondary N) is 1. The van der Waals surface area contributed by atoms with E-state index >= 15 is 0 Å². The van der Waals surface area contributed by atoms with Gasteiger partial charge in [-0.3, -0.25) is 66.9 Å². The lowest BCUT2D eigenvalue weighted by atomic mass is 10.0. The van der Waals surface area contributed by atoms with Crippen molar-refractivity contribution in [2.45, 2.75) is 144 Å². The molecule has 35 heteroatoms. The van der Waals surface area contributed by atoms with E-state index in [0.717, 1.165) is 84.2 Å². The zero-order chi connectivity index (χ0) is 96.2. The van der Waals surface area contributed by atoms with Gasteiger partial charge in [-0.15, -0.1) is 49.6 Å². The number of amidine groups is 1. The lowest BCUT2D eigenvalue weighted by molar-refractivity contribution is 0.325. The van der Waals surface area contributed by atoms with Crippen LogP contribution in [0.4, 0.5) is 0 Å². The summed E-state index contributed by atoms with van der Waals surface area (Å²) < 4.78 is 20.3. The highest BCUT2D eigenvalue weighted by Crippen LogP contribution is 2.41. The average molecular weight is 1920 g/mol. The van der Waals surface area contributed by atoms with Crippen LogP contribution in [0, 0.1) is 35.0 Å². The van der Waals surface area contributed by atoms with Gasteiger partial charge in [-0.05, 0) is 158 Å². The number of aryl methyl sites for hydroxylation is 5. The van der Waals surface area contributed by atoms with E-state index in [1.807, 2.05) is 123 Å². The van der Waals surface area contributed by atoms with Gasteiger partial charge in [0.05, 0.1) is 97.7 Å². The number of terminal acetylenes is 1. The standard InChI is InChI=1S/C28H29N7O.C24H26N6O2.C23H25N7O.C22H20N6O.C5H6.CH5N.3ClH/c1-17(2)24-21(6-5-13-29-24)25-30-14-23-27(32-25)35(28(36)34(23)4)15-18-7-9-20(10-8-18)26-31-22(16-33(26)3)19-11-12-19;1-5-32-21(25)17-10-8-16(9-11-17)14-30-23-19(29(4)24(30)31)13-27-22(28-23)18-7-6-12-26-20(18)15(2)3;1-14(2)19-17(6-5-11-26-19)21-27-12-18-22(28-21)30(23(31)29(18)4)13-15-7-9-16(10-8-15)20(24)25-3;1-14(2)19-17(5-4-10-24-19)20-25-12-18-21(26-20)28(22(29)27(18)3)13-16-8-6-15(11-23)7-9-16;1-2-5-3-4-5;1-2;;;/h5-10,13-14,16-17,19H,11-12,15H2,1-4H3;6-13,15,25H,5,14H2,1-4H3;5-12,14H,13H2,1-4H3,(H2,24,25);4-10,12,14H,13H2,1-3H3;1,5H,3-4H2;2H2,1H3;3*1H. The Hall–Kier alpha value is -15.1. The molecule has 2 aliphatic carbocycles. The molecule has 0 spiro atoms. The summed E-state index contributed by atoms with van der Waals surface area (Å²) in [5.41, 5.74) is 30.3. The molecule has 2 aliphatic rings. The van der Waals surface area contributed by atoms with E-state index in [-0.39, 0.29) is 89.5 Å². The molecule has 13 heterocycles. The van der Waals surface area contributed by atoms with E-state index < -0.39 is 0 Å². The number of hydrogen-bond acceptors (Lipinski definition) is 22. The number of nitriles is 1. The van der Waals surface area contributed by atoms with E-state index in [4.69, 9.17) is 52.5 Å². The second-order valence-corrected chi connectivity index (χ2v) is 34.3. The van der Waals surface area contributed by atoms with Gasteiger partial charge >= 0.3 is 22.8 Å². The maximum atomic E-state index is 13.2. The number of nitrogens with two attached hydrogens (primary N) is 2. The summed E-state index contributed by atoms with van der Waals surface area (Å²) in [5, 5.41) is 16.9. The Morgan fingerprint density at radius 3 is 1.03 bits per heavy atom. The Bertz CT molecular complexity index is 7570. The molecule has 0 saturated heterocycles. The molecule has 0 radical (unpaired) electrons. The number of aliphatic imine (C=N–C) groups is 1. The molecule has 0 amide bonds. The Morgan fingerprint density at radius 2 is 0.761 bits per heavy atom. The smallest absolute Gasteiger partial charge is 0.330 e. The van der Waals surface area contributed by atoms with Crippen LogP contribution in [-0.4, -0.2) is 138 Å². The van der Waals surface area contributed by atoms with Crippen molar-refractivity contribution in [1.82, 2.24) is 106 Å². The van der Waals surface area contributed by atoms with Crippen LogP contribution >= 0.6 is 37.2 Å². The molecule has 4 aromatic carbocycles. The topological polar surface area (TPSA) is 401 Å². The summed E-state index contributed by atoms with van der Waals surface area (Å²) in [6.45, 7) is 20.5. The molecule has 5 N–H and O–H groups in total. The number of imidazole rings is 5. The predicted octanol–water partition coefficient (Wildman–Crippen LogP) is 16.2. The van der Waals surface area contributed by atoms with Crippen molar-refractivity contribution in [3.8, 4) is 75.4 Å². The predicted molar refractivity (Wildman–Crippen MR) is 550 cm³/mol. The van der Waals surface area contributed by atoms with Crippen molar-refractivity contribution < 1.29 is 4.74 Å². The number of aromatic nitrogens is 22. The minimum absolute atomic E-state index is 0. The van der Waals surface area contributed by atoms with Crippen molar-refractivity contribution in [2.24, 2.45) is 57.6 Å². The summed E-state index contributed by atoms with van der Waals surface area (Å²) in [5.74, 6) is 8.65. The number of ether oxygens (including phenoxy) is 1.